The van der Waals surface area contributed by atoms with Gasteiger partial charge in [-0.05, 0) is 24.7 Å². The van der Waals surface area contributed by atoms with Gasteiger partial charge in [0.15, 0.2) is 0 Å². The standard InChI is InChI=1S/C9H12O3/c10-3-6-4-1-5-7(2-4)12-9(11)8(5)6/h4-8,10H,1-3H2/t4-,5-,6-,7-,8+/m1/s1. The van der Waals surface area contributed by atoms with E-state index in [9.17, 15) is 4.79 Å². The third-order valence-electron chi connectivity index (χ3n) is 3.87. The van der Waals surface area contributed by atoms with Gasteiger partial charge in [0.1, 0.15) is 6.10 Å². The first kappa shape index (κ1) is 6.89. The van der Waals surface area contributed by atoms with E-state index in [1.165, 1.54) is 0 Å². The van der Waals surface area contributed by atoms with Gasteiger partial charge in [-0.2, -0.15) is 0 Å². The van der Waals surface area contributed by atoms with Crippen molar-refractivity contribution in [2.75, 3.05) is 6.61 Å². The average Bonchev–Trinajstić information content (AvgIpc) is 2.61. The first-order valence-electron chi connectivity index (χ1n) is 4.62. The van der Waals surface area contributed by atoms with E-state index >= 15 is 0 Å². The lowest BCUT2D eigenvalue weighted by atomic mass is 9.81. The van der Waals surface area contributed by atoms with Crippen LogP contribution in [0, 0.1) is 23.7 Å². The summed E-state index contributed by atoms with van der Waals surface area (Å²) in [6.07, 6.45) is 2.31. The van der Waals surface area contributed by atoms with Crippen molar-refractivity contribution in [3.05, 3.63) is 0 Å². The van der Waals surface area contributed by atoms with E-state index in [-0.39, 0.29) is 30.5 Å². The maximum absolute atomic E-state index is 11.3. The molecule has 0 amide bonds. The molecule has 3 heteroatoms. The lowest BCUT2D eigenvalue weighted by molar-refractivity contribution is -0.144. The van der Waals surface area contributed by atoms with Crippen LogP contribution in [-0.4, -0.2) is 23.8 Å². The molecule has 1 heterocycles. The SMILES string of the molecule is O=C1O[C@@H]2C[C@H]3C[C@H]2[C@H]1[C@@H]3CO. The molecule has 2 saturated carbocycles. The van der Waals surface area contributed by atoms with E-state index in [2.05, 4.69) is 0 Å². The van der Waals surface area contributed by atoms with E-state index in [0.29, 0.717) is 11.8 Å². The third-order valence-corrected chi connectivity index (χ3v) is 3.87. The van der Waals surface area contributed by atoms with Crippen molar-refractivity contribution in [1.82, 2.24) is 0 Å². The molecule has 3 rings (SSSR count). The van der Waals surface area contributed by atoms with Gasteiger partial charge in [0.25, 0.3) is 0 Å². The van der Waals surface area contributed by atoms with Gasteiger partial charge in [-0.3, -0.25) is 4.79 Å². The molecular formula is C9H12O3. The quantitative estimate of drug-likeness (QED) is 0.568. The Morgan fingerprint density at radius 3 is 3.08 bits per heavy atom. The monoisotopic (exact) mass is 168 g/mol. The summed E-state index contributed by atoms with van der Waals surface area (Å²) in [6, 6.07) is 0. The smallest absolute Gasteiger partial charge is 0.310 e. The second-order valence-electron chi connectivity index (χ2n) is 4.24. The number of carbonyl (C=O) groups is 1. The van der Waals surface area contributed by atoms with Gasteiger partial charge in [-0.1, -0.05) is 0 Å². The molecular weight excluding hydrogens is 156 g/mol. The second-order valence-corrected chi connectivity index (χ2v) is 4.24. The first-order valence-corrected chi connectivity index (χ1v) is 4.62. The van der Waals surface area contributed by atoms with E-state index in [1.807, 2.05) is 0 Å². The minimum Gasteiger partial charge on any atom is -0.462 e. The molecule has 1 N–H and O–H groups in total. The summed E-state index contributed by atoms with van der Waals surface area (Å²) >= 11 is 0. The third kappa shape index (κ3) is 0.600. The lowest BCUT2D eigenvalue weighted by Crippen LogP contribution is -2.28. The molecule has 5 atom stereocenters. The Labute approximate surface area is 70.7 Å². The van der Waals surface area contributed by atoms with Crippen molar-refractivity contribution in [2.24, 2.45) is 23.7 Å². The van der Waals surface area contributed by atoms with Gasteiger partial charge < -0.3 is 9.84 Å². The predicted octanol–water partition coefficient (Wildman–Crippen LogP) is 0.176. The van der Waals surface area contributed by atoms with Crippen LogP contribution in [0.2, 0.25) is 0 Å². The molecule has 3 aliphatic rings. The predicted molar refractivity (Wildman–Crippen MR) is 40.2 cm³/mol. The number of fused-ring (bicyclic) bond motifs is 1. The maximum atomic E-state index is 11.3. The highest BCUT2D eigenvalue weighted by molar-refractivity contribution is 5.77. The van der Waals surface area contributed by atoms with Crippen molar-refractivity contribution in [3.8, 4) is 0 Å². The van der Waals surface area contributed by atoms with Gasteiger partial charge in [-0.25, -0.2) is 0 Å². The van der Waals surface area contributed by atoms with Crippen molar-refractivity contribution >= 4 is 5.97 Å². The molecule has 2 aliphatic carbocycles. The Kier molecular flexibility index (Phi) is 1.16. The highest BCUT2D eigenvalue weighted by Gasteiger charge is 2.61. The van der Waals surface area contributed by atoms with E-state index < -0.39 is 0 Å². The van der Waals surface area contributed by atoms with Crippen LogP contribution in [0.4, 0.5) is 0 Å². The Morgan fingerprint density at radius 2 is 2.33 bits per heavy atom. The highest BCUT2D eigenvalue weighted by Crippen LogP contribution is 2.57. The van der Waals surface area contributed by atoms with Crippen LogP contribution >= 0.6 is 0 Å². The molecule has 1 aliphatic heterocycles. The average molecular weight is 168 g/mol. The van der Waals surface area contributed by atoms with Gasteiger partial charge in [0.05, 0.1) is 5.92 Å². The summed E-state index contributed by atoms with van der Waals surface area (Å²) in [5.41, 5.74) is 0. The number of rotatable bonds is 1. The molecule has 0 radical (unpaired) electrons. The van der Waals surface area contributed by atoms with Crippen LogP contribution in [0.3, 0.4) is 0 Å². The fourth-order valence-electron chi connectivity index (χ4n) is 3.38. The van der Waals surface area contributed by atoms with Gasteiger partial charge in [-0.15, -0.1) is 0 Å². The largest absolute Gasteiger partial charge is 0.462 e. The van der Waals surface area contributed by atoms with Crippen LogP contribution in [-0.2, 0) is 9.53 Å². The highest BCUT2D eigenvalue weighted by atomic mass is 16.6. The van der Waals surface area contributed by atoms with E-state index in [4.69, 9.17) is 9.84 Å². The molecule has 3 nitrogen and oxygen atoms in total. The number of hydrogen-bond acceptors (Lipinski definition) is 3. The molecule has 0 aromatic carbocycles. The maximum Gasteiger partial charge on any atom is 0.310 e. The fourth-order valence-corrected chi connectivity index (χ4v) is 3.38. The summed E-state index contributed by atoms with van der Waals surface area (Å²) in [7, 11) is 0. The zero-order valence-electron chi connectivity index (χ0n) is 6.77. The Hall–Kier alpha value is -0.570. The zero-order chi connectivity index (χ0) is 8.29. The summed E-state index contributed by atoms with van der Waals surface area (Å²) < 4.78 is 5.22. The summed E-state index contributed by atoms with van der Waals surface area (Å²) in [5.74, 6) is 1.20. The summed E-state index contributed by atoms with van der Waals surface area (Å²) in [4.78, 5) is 11.3. The molecule has 12 heavy (non-hydrogen) atoms. The molecule has 0 unspecified atom stereocenters. The number of carbonyl (C=O) groups excluding carboxylic acids is 1. The summed E-state index contributed by atoms with van der Waals surface area (Å²) in [5, 5.41) is 9.12. The number of aliphatic hydroxyl groups excluding tert-OH is 1. The van der Waals surface area contributed by atoms with Crippen LogP contribution < -0.4 is 0 Å². The molecule has 1 saturated heterocycles. The normalized spacial score (nSPS) is 54.8. The van der Waals surface area contributed by atoms with E-state index in [1.54, 1.807) is 0 Å². The van der Waals surface area contributed by atoms with Crippen LogP contribution in [0.15, 0.2) is 0 Å². The molecule has 66 valence electrons. The molecule has 2 bridgehead atoms. The van der Waals surface area contributed by atoms with Crippen molar-refractivity contribution in [3.63, 3.8) is 0 Å². The Bertz CT molecular complexity index is 236. The molecule has 0 aromatic rings. The zero-order valence-corrected chi connectivity index (χ0v) is 6.77. The summed E-state index contributed by atoms with van der Waals surface area (Å²) in [6.45, 7) is 0.160. The minimum atomic E-state index is -0.0518. The topological polar surface area (TPSA) is 46.5 Å². The van der Waals surface area contributed by atoms with Crippen molar-refractivity contribution in [1.29, 1.82) is 0 Å². The molecule has 0 spiro atoms. The number of esters is 1. The van der Waals surface area contributed by atoms with Crippen LogP contribution in [0.1, 0.15) is 12.8 Å². The fraction of sp³-hybridized carbons (Fsp3) is 0.889. The Balaban J connectivity index is 1.98. The Morgan fingerprint density at radius 1 is 1.50 bits per heavy atom. The number of ether oxygens (including phenoxy) is 1. The van der Waals surface area contributed by atoms with E-state index in [0.717, 1.165) is 12.8 Å². The van der Waals surface area contributed by atoms with Crippen molar-refractivity contribution < 1.29 is 14.6 Å². The van der Waals surface area contributed by atoms with Crippen LogP contribution in [0.25, 0.3) is 0 Å². The second kappa shape index (κ2) is 2.02. The van der Waals surface area contributed by atoms with Gasteiger partial charge >= 0.3 is 5.97 Å². The van der Waals surface area contributed by atoms with Gasteiger partial charge in [0.2, 0.25) is 0 Å². The number of aliphatic hydroxyl groups is 1. The lowest BCUT2D eigenvalue weighted by Gasteiger charge is -2.21. The molecule has 0 aromatic heterocycles. The van der Waals surface area contributed by atoms with Gasteiger partial charge in [0, 0.05) is 12.5 Å². The number of hydrogen-bond donors (Lipinski definition) is 1. The van der Waals surface area contributed by atoms with Crippen LogP contribution in [0.5, 0.6) is 0 Å². The molecule has 3 fully saturated rings. The van der Waals surface area contributed by atoms with Crippen molar-refractivity contribution in [2.45, 2.75) is 18.9 Å². The minimum absolute atomic E-state index is 0.0405. The first-order chi connectivity index (χ1) is 5.81.